The number of hydrogen-bond donors (Lipinski definition) is 1. The Labute approximate surface area is 149 Å². The highest BCUT2D eigenvalue weighted by Gasteiger charge is 2.23. The lowest BCUT2D eigenvalue weighted by Gasteiger charge is -2.13. The molecule has 2 aromatic heterocycles. The molecular formula is C17H17ClN2O3S. The molecule has 0 saturated heterocycles. The Hall–Kier alpha value is -1.92. The number of carbonyl (C=O) groups is 2. The third-order valence-electron chi connectivity index (χ3n) is 3.87. The van der Waals surface area contributed by atoms with Crippen LogP contribution < -0.4 is 5.32 Å². The number of nitrogens with zero attached hydrogens (tertiary/aromatic N) is 1. The summed E-state index contributed by atoms with van der Waals surface area (Å²) in [5.74, 6) is -0.908. The number of nitrogens with one attached hydrogen (secondary N) is 1. The summed E-state index contributed by atoms with van der Waals surface area (Å²) in [6.45, 7) is 1.53. The highest BCUT2D eigenvalue weighted by Crippen LogP contribution is 2.30. The molecule has 0 bridgehead atoms. The maximum absolute atomic E-state index is 12.3. The van der Waals surface area contributed by atoms with Crippen molar-refractivity contribution in [2.75, 3.05) is 5.32 Å². The van der Waals surface area contributed by atoms with Crippen LogP contribution in [0.25, 0.3) is 0 Å². The van der Waals surface area contributed by atoms with Crippen molar-refractivity contribution in [3.63, 3.8) is 0 Å². The van der Waals surface area contributed by atoms with Crippen molar-refractivity contribution in [1.82, 2.24) is 4.98 Å². The van der Waals surface area contributed by atoms with E-state index in [1.165, 1.54) is 34.9 Å². The number of aryl methyl sites for hydroxylation is 2. The number of esters is 1. The fourth-order valence-corrected chi connectivity index (χ4v) is 3.88. The SMILES string of the molecule is C[C@@H](OC(=O)c1cc2c(s1)CCCC2)C(=O)Nc1cccnc1Cl. The summed E-state index contributed by atoms with van der Waals surface area (Å²) in [5.41, 5.74) is 1.62. The highest BCUT2D eigenvalue weighted by atomic mass is 35.5. The Kier molecular flexibility index (Phi) is 5.16. The number of pyridine rings is 1. The Morgan fingerprint density at radius 1 is 1.38 bits per heavy atom. The standard InChI is InChI=1S/C17H17ClN2O3S/c1-10(16(21)20-12-6-4-8-19-15(12)18)23-17(22)14-9-11-5-2-3-7-13(11)24-14/h4,6,8-10H,2-3,5,7H2,1H3,(H,20,21)/t10-/m1/s1. The summed E-state index contributed by atoms with van der Waals surface area (Å²) >= 11 is 7.37. The first kappa shape index (κ1) is 16.9. The number of ether oxygens (including phenoxy) is 1. The van der Waals surface area contributed by atoms with E-state index in [0.29, 0.717) is 10.6 Å². The molecule has 0 aromatic carbocycles. The number of thiophene rings is 1. The first-order chi connectivity index (χ1) is 11.5. The second-order valence-electron chi connectivity index (χ2n) is 5.64. The molecule has 0 fully saturated rings. The minimum atomic E-state index is -0.923. The number of amides is 1. The first-order valence-corrected chi connectivity index (χ1v) is 8.98. The molecule has 1 amide bonds. The number of carbonyl (C=O) groups excluding carboxylic acids is 2. The Morgan fingerprint density at radius 2 is 2.17 bits per heavy atom. The zero-order chi connectivity index (χ0) is 17.1. The van der Waals surface area contributed by atoms with Crippen molar-refractivity contribution in [3.05, 3.63) is 44.9 Å². The topological polar surface area (TPSA) is 68.3 Å². The van der Waals surface area contributed by atoms with Gasteiger partial charge in [0.2, 0.25) is 0 Å². The van der Waals surface area contributed by atoms with Crippen molar-refractivity contribution in [2.24, 2.45) is 0 Å². The van der Waals surface area contributed by atoms with Gasteiger partial charge in [0.1, 0.15) is 4.88 Å². The molecule has 2 heterocycles. The monoisotopic (exact) mass is 364 g/mol. The molecule has 3 rings (SSSR count). The molecule has 2 aromatic rings. The maximum Gasteiger partial charge on any atom is 0.349 e. The van der Waals surface area contributed by atoms with Gasteiger partial charge in [-0.05, 0) is 56.4 Å². The van der Waals surface area contributed by atoms with Gasteiger partial charge in [0.15, 0.2) is 11.3 Å². The van der Waals surface area contributed by atoms with Crippen molar-refractivity contribution in [1.29, 1.82) is 0 Å². The predicted molar refractivity (Wildman–Crippen MR) is 93.7 cm³/mol. The van der Waals surface area contributed by atoms with Gasteiger partial charge in [-0.25, -0.2) is 9.78 Å². The van der Waals surface area contributed by atoms with Crippen LogP contribution in [0.2, 0.25) is 5.15 Å². The van der Waals surface area contributed by atoms with Crippen LogP contribution >= 0.6 is 22.9 Å². The van der Waals surface area contributed by atoms with Gasteiger partial charge in [0.05, 0.1) is 5.69 Å². The number of aromatic nitrogens is 1. The van der Waals surface area contributed by atoms with Crippen molar-refractivity contribution in [3.8, 4) is 0 Å². The minimum absolute atomic E-state index is 0.190. The molecule has 24 heavy (non-hydrogen) atoms. The normalized spacial score (nSPS) is 14.6. The van der Waals surface area contributed by atoms with Crippen molar-refractivity contribution in [2.45, 2.75) is 38.7 Å². The molecule has 1 aliphatic rings. The second-order valence-corrected chi connectivity index (χ2v) is 7.14. The van der Waals surface area contributed by atoms with Crippen LogP contribution in [0, 0.1) is 0 Å². The number of anilines is 1. The van der Waals surface area contributed by atoms with Crippen LogP contribution in [-0.2, 0) is 22.4 Å². The quantitative estimate of drug-likeness (QED) is 0.660. The van der Waals surface area contributed by atoms with E-state index in [9.17, 15) is 9.59 Å². The van der Waals surface area contributed by atoms with E-state index < -0.39 is 18.0 Å². The van der Waals surface area contributed by atoms with Crippen molar-refractivity contribution < 1.29 is 14.3 Å². The lowest BCUT2D eigenvalue weighted by molar-refractivity contribution is -0.123. The summed E-state index contributed by atoms with van der Waals surface area (Å²) in [6.07, 6.45) is 4.94. The predicted octanol–water partition coefficient (Wildman–Crippen LogP) is 3.86. The summed E-state index contributed by atoms with van der Waals surface area (Å²) in [7, 11) is 0. The molecule has 0 saturated carbocycles. The highest BCUT2D eigenvalue weighted by molar-refractivity contribution is 7.14. The summed E-state index contributed by atoms with van der Waals surface area (Å²) in [5, 5.41) is 2.80. The Bertz CT molecular complexity index is 751. The zero-order valence-corrected chi connectivity index (χ0v) is 14.7. The minimum Gasteiger partial charge on any atom is -0.448 e. The molecule has 0 radical (unpaired) electrons. The van der Waals surface area contributed by atoms with Crippen LogP contribution in [-0.4, -0.2) is 23.0 Å². The molecule has 5 nitrogen and oxygen atoms in total. The molecule has 1 N–H and O–H groups in total. The van der Waals surface area contributed by atoms with Crippen LogP contribution in [0.1, 0.15) is 39.9 Å². The van der Waals surface area contributed by atoms with Gasteiger partial charge in [0, 0.05) is 11.1 Å². The molecule has 126 valence electrons. The molecule has 1 aliphatic carbocycles. The van der Waals surface area contributed by atoms with E-state index in [4.69, 9.17) is 16.3 Å². The smallest absolute Gasteiger partial charge is 0.349 e. The van der Waals surface area contributed by atoms with Crippen LogP contribution in [0.5, 0.6) is 0 Å². The first-order valence-electron chi connectivity index (χ1n) is 7.78. The summed E-state index contributed by atoms with van der Waals surface area (Å²) < 4.78 is 5.28. The van der Waals surface area contributed by atoms with Gasteiger partial charge in [-0.1, -0.05) is 11.6 Å². The van der Waals surface area contributed by atoms with E-state index >= 15 is 0 Å². The third kappa shape index (κ3) is 3.76. The van der Waals surface area contributed by atoms with Gasteiger partial charge in [-0.3, -0.25) is 4.79 Å². The lowest BCUT2D eigenvalue weighted by atomic mass is 9.99. The fourth-order valence-electron chi connectivity index (χ4n) is 2.58. The fraction of sp³-hybridized carbons (Fsp3) is 0.353. The molecule has 0 aliphatic heterocycles. The molecule has 0 unspecified atom stereocenters. The van der Waals surface area contributed by atoms with Gasteiger partial charge in [0.25, 0.3) is 5.91 Å². The maximum atomic E-state index is 12.3. The zero-order valence-electron chi connectivity index (χ0n) is 13.2. The van der Waals surface area contributed by atoms with E-state index in [1.807, 2.05) is 6.07 Å². The average Bonchev–Trinajstić information content (AvgIpc) is 3.01. The van der Waals surface area contributed by atoms with Crippen LogP contribution in [0.15, 0.2) is 24.4 Å². The van der Waals surface area contributed by atoms with Crippen molar-refractivity contribution >= 4 is 40.5 Å². The average molecular weight is 365 g/mol. The van der Waals surface area contributed by atoms with Gasteiger partial charge in [-0.2, -0.15) is 0 Å². The van der Waals surface area contributed by atoms with E-state index in [-0.39, 0.29) is 5.15 Å². The third-order valence-corrected chi connectivity index (χ3v) is 5.39. The molecule has 7 heteroatoms. The molecule has 1 atom stereocenters. The second kappa shape index (κ2) is 7.32. The number of hydrogen-bond acceptors (Lipinski definition) is 5. The van der Waals surface area contributed by atoms with E-state index in [1.54, 1.807) is 12.1 Å². The van der Waals surface area contributed by atoms with Crippen LogP contribution in [0.3, 0.4) is 0 Å². The number of halogens is 1. The van der Waals surface area contributed by atoms with Gasteiger partial charge < -0.3 is 10.1 Å². The van der Waals surface area contributed by atoms with E-state index in [0.717, 1.165) is 25.7 Å². The molecule has 0 spiro atoms. The Morgan fingerprint density at radius 3 is 2.92 bits per heavy atom. The number of rotatable bonds is 4. The lowest BCUT2D eigenvalue weighted by Crippen LogP contribution is -2.29. The summed E-state index contributed by atoms with van der Waals surface area (Å²) in [6, 6.07) is 5.19. The largest absolute Gasteiger partial charge is 0.448 e. The van der Waals surface area contributed by atoms with Gasteiger partial charge >= 0.3 is 5.97 Å². The van der Waals surface area contributed by atoms with Gasteiger partial charge in [-0.15, -0.1) is 11.3 Å². The summed E-state index contributed by atoms with van der Waals surface area (Å²) in [4.78, 5) is 30.1. The number of fused-ring (bicyclic) bond motifs is 1. The molecular weight excluding hydrogens is 348 g/mol. The van der Waals surface area contributed by atoms with Crippen LogP contribution in [0.4, 0.5) is 5.69 Å². The Balaban J connectivity index is 1.62. The van der Waals surface area contributed by atoms with E-state index in [2.05, 4.69) is 10.3 Å².